The summed E-state index contributed by atoms with van der Waals surface area (Å²) in [5.41, 5.74) is 3.56. The highest BCUT2D eigenvalue weighted by Crippen LogP contribution is 2.29. The number of aryl methyl sites for hydroxylation is 1. The van der Waals surface area contributed by atoms with Crippen LogP contribution in [0.5, 0.6) is 5.75 Å². The maximum Gasteiger partial charge on any atom is 0.264 e. The number of nitrogens with zero attached hydrogens (tertiary/aromatic N) is 2. The minimum Gasteiger partial charge on any atom is -0.483 e. The molecule has 1 N–H and O–H groups in total. The summed E-state index contributed by atoms with van der Waals surface area (Å²) in [5, 5.41) is 11.4. The maximum absolute atomic E-state index is 12.2. The fraction of sp³-hybridized carbons (Fsp3) is 0.286. The van der Waals surface area contributed by atoms with Gasteiger partial charge in [0.05, 0.1) is 0 Å². The highest BCUT2D eigenvalue weighted by Gasteiger charge is 2.12. The molecule has 0 saturated heterocycles. The van der Waals surface area contributed by atoms with Crippen molar-refractivity contribution in [1.29, 1.82) is 0 Å². The van der Waals surface area contributed by atoms with E-state index in [-0.39, 0.29) is 12.5 Å². The molecule has 0 bridgehead atoms. The van der Waals surface area contributed by atoms with Crippen molar-refractivity contribution in [3.8, 4) is 5.75 Å². The number of ether oxygens (including phenoxy) is 1. The van der Waals surface area contributed by atoms with Crippen molar-refractivity contribution in [2.45, 2.75) is 36.8 Å². The van der Waals surface area contributed by atoms with Gasteiger partial charge >= 0.3 is 0 Å². The minimum absolute atomic E-state index is 0.0604. The van der Waals surface area contributed by atoms with Gasteiger partial charge in [0, 0.05) is 5.75 Å². The monoisotopic (exact) mass is 413 g/mol. The Morgan fingerprint density at radius 3 is 2.64 bits per heavy atom. The summed E-state index contributed by atoms with van der Waals surface area (Å²) in [6.45, 7) is 6.20. The van der Waals surface area contributed by atoms with Crippen molar-refractivity contribution in [3.05, 3.63) is 65.2 Å². The van der Waals surface area contributed by atoms with Crippen molar-refractivity contribution in [2.75, 3.05) is 11.9 Å². The SMILES string of the molecule is Cc1ccc(CSc2nnc(NC(=O)COc3ccccc3C(C)C)s2)cc1. The van der Waals surface area contributed by atoms with E-state index in [2.05, 4.69) is 60.6 Å². The highest BCUT2D eigenvalue weighted by molar-refractivity contribution is 8.00. The van der Waals surface area contributed by atoms with E-state index < -0.39 is 0 Å². The quantitative estimate of drug-likeness (QED) is 0.402. The van der Waals surface area contributed by atoms with Crippen LogP contribution in [0.3, 0.4) is 0 Å². The average molecular weight is 414 g/mol. The van der Waals surface area contributed by atoms with Crippen LogP contribution < -0.4 is 10.1 Å². The van der Waals surface area contributed by atoms with Crippen LogP contribution in [0.1, 0.15) is 36.5 Å². The van der Waals surface area contributed by atoms with Gasteiger partial charge in [0.1, 0.15) is 5.75 Å². The predicted octanol–water partition coefficient (Wildman–Crippen LogP) is 5.28. The van der Waals surface area contributed by atoms with E-state index in [1.54, 1.807) is 11.8 Å². The molecule has 0 unspecified atom stereocenters. The molecule has 0 aliphatic heterocycles. The van der Waals surface area contributed by atoms with Gasteiger partial charge in [-0.1, -0.05) is 85.0 Å². The molecule has 28 heavy (non-hydrogen) atoms. The lowest BCUT2D eigenvalue weighted by molar-refractivity contribution is -0.118. The van der Waals surface area contributed by atoms with Gasteiger partial charge in [-0.3, -0.25) is 10.1 Å². The molecule has 1 heterocycles. The van der Waals surface area contributed by atoms with Gasteiger partial charge in [0.25, 0.3) is 5.91 Å². The number of carbonyl (C=O) groups excluding carboxylic acids is 1. The van der Waals surface area contributed by atoms with Crippen LogP contribution in [0.15, 0.2) is 52.9 Å². The average Bonchev–Trinajstić information content (AvgIpc) is 3.13. The standard InChI is InChI=1S/C21H23N3O2S2/c1-14(2)17-6-4-5-7-18(17)26-12-19(25)22-20-23-24-21(28-20)27-13-16-10-8-15(3)9-11-16/h4-11,14H,12-13H2,1-3H3,(H,22,23,25). The van der Waals surface area contributed by atoms with Gasteiger partial charge in [-0.05, 0) is 30.0 Å². The molecule has 0 aliphatic carbocycles. The molecule has 0 radical (unpaired) electrons. The molecule has 2 aromatic carbocycles. The molecule has 0 saturated carbocycles. The van der Waals surface area contributed by atoms with Crippen molar-refractivity contribution < 1.29 is 9.53 Å². The van der Waals surface area contributed by atoms with E-state index in [4.69, 9.17) is 4.74 Å². The number of anilines is 1. The first-order chi connectivity index (χ1) is 13.5. The van der Waals surface area contributed by atoms with E-state index in [0.29, 0.717) is 11.0 Å². The van der Waals surface area contributed by atoms with Gasteiger partial charge < -0.3 is 4.74 Å². The molecule has 5 nitrogen and oxygen atoms in total. The van der Waals surface area contributed by atoms with Gasteiger partial charge in [-0.15, -0.1) is 10.2 Å². The maximum atomic E-state index is 12.2. The summed E-state index contributed by atoms with van der Waals surface area (Å²) < 4.78 is 6.51. The third-order valence-corrected chi connectivity index (χ3v) is 6.08. The molecule has 0 aliphatic rings. The van der Waals surface area contributed by atoms with E-state index in [1.165, 1.54) is 22.5 Å². The first-order valence-electron chi connectivity index (χ1n) is 9.04. The predicted molar refractivity (Wildman–Crippen MR) is 115 cm³/mol. The zero-order valence-corrected chi connectivity index (χ0v) is 17.8. The number of benzene rings is 2. The number of carbonyl (C=O) groups is 1. The first-order valence-corrected chi connectivity index (χ1v) is 10.8. The van der Waals surface area contributed by atoms with Gasteiger partial charge in [-0.25, -0.2) is 0 Å². The Labute approximate surface area is 173 Å². The number of hydrogen-bond acceptors (Lipinski definition) is 6. The normalized spacial score (nSPS) is 10.9. The zero-order chi connectivity index (χ0) is 19.9. The molecule has 0 atom stereocenters. The lowest BCUT2D eigenvalue weighted by Crippen LogP contribution is -2.20. The number of aromatic nitrogens is 2. The second kappa shape index (κ2) is 9.71. The van der Waals surface area contributed by atoms with E-state index >= 15 is 0 Å². The second-order valence-corrected chi connectivity index (χ2v) is 8.88. The largest absolute Gasteiger partial charge is 0.483 e. The molecule has 7 heteroatoms. The second-order valence-electron chi connectivity index (χ2n) is 6.68. The molecule has 0 fully saturated rings. The number of rotatable bonds is 8. The number of thioether (sulfide) groups is 1. The van der Waals surface area contributed by atoms with Crippen LogP contribution in [0.25, 0.3) is 0 Å². The lowest BCUT2D eigenvalue weighted by atomic mass is 10.0. The number of para-hydroxylation sites is 1. The Kier molecular flexibility index (Phi) is 7.06. The van der Waals surface area contributed by atoms with Gasteiger partial charge in [0.15, 0.2) is 10.9 Å². The lowest BCUT2D eigenvalue weighted by Gasteiger charge is -2.13. The van der Waals surface area contributed by atoms with Gasteiger partial charge in [0.2, 0.25) is 5.13 Å². The zero-order valence-electron chi connectivity index (χ0n) is 16.1. The molecular weight excluding hydrogens is 390 g/mol. The molecular formula is C21H23N3O2S2. The minimum atomic E-state index is -0.246. The van der Waals surface area contributed by atoms with Crippen molar-refractivity contribution in [2.24, 2.45) is 0 Å². The Morgan fingerprint density at radius 1 is 1.14 bits per heavy atom. The van der Waals surface area contributed by atoms with E-state index in [0.717, 1.165) is 21.4 Å². The Hall–Kier alpha value is -2.38. The highest BCUT2D eigenvalue weighted by atomic mass is 32.2. The van der Waals surface area contributed by atoms with E-state index in [9.17, 15) is 4.79 Å². The topological polar surface area (TPSA) is 64.1 Å². The van der Waals surface area contributed by atoms with Crippen LogP contribution in [-0.2, 0) is 10.5 Å². The Balaban J connectivity index is 1.49. The van der Waals surface area contributed by atoms with Crippen LogP contribution in [0, 0.1) is 6.92 Å². The third-order valence-electron chi connectivity index (χ3n) is 4.04. The molecule has 3 rings (SSSR count). The first kappa shape index (κ1) is 20.4. The van der Waals surface area contributed by atoms with E-state index in [1.807, 2.05) is 24.3 Å². The number of hydrogen-bond donors (Lipinski definition) is 1. The Bertz CT molecular complexity index is 923. The van der Waals surface area contributed by atoms with Crippen LogP contribution in [-0.4, -0.2) is 22.7 Å². The number of amides is 1. The fourth-order valence-corrected chi connectivity index (χ4v) is 4.26. The molecule has 146 valence electrons. The van der Waals surface area contributed by atoms with Crippen molar-refractivity contribution >= 4 is 34.1 Å². The Morgan fingerprint density at radius 2 is 1.89 bits per heavy atom. The number of nitrogens with one attached hydrogen (secondary N) is 1. The molecule has 1 amide bonds. The van der Waals surface area contributed by atoms with Crippen LogP contribution >= 0.6 is 23.1 Å². The molecule has 1 aromatic heterocycles. The van der Waals surface area contributed by atoms with Crippen LogP contribution in [0.4, 0.5) is 5.13 Å². The third kappa shape index (κ3) is 5.81. The summed E-state index contributed by atoms with van der Waals surface area (Å²) in [4.78, 5) is 12.2. The summed E-state index contributed by atoms with van der Waals surface area (Å²) in [6.07, 6.45) is 0. The summed E-state index contributed by atoms with van der Waals surface area (Å²) in [5.74, 6) is 1.64. The van der Waals surface area contributed by atoms with Crippen molar-refractivity contribution in [1.82, 2.24) is 10.2 Å². The summed E-state index contributed by atoms with van der Waals surface area (Å²) >= 11 is 2.97. The van der Waals surface area contributed by atoms with Crippen LogP contribution in [0.2, 0.25) is 0 Å². The van der Waals surface area contributed by atoms with Crippen molar-refractivity contribution in [3.63, 3.8) is 0 Å². The molecule has 0 spiro atoms. The fourth-order valence-electron chi connectivity index (χ4n) is 2.54. The summed E-state index contributed by atoms with van der Waals surface area (Å²) in [7, 11) is 0. The summed E-state index contributed by atoms with van der Waals surface area (Å²) in [6, 6.07) is 16.2. The molecule has 3 aromatic rings. The smallest absolute Gasteiger partial charge is 0.264 e. The van der Waals surface area contributed by atoms with Gasteiger partial charge in [-0.2, -0.15) is 0 Å².